The van der Waals surface area contributed by atoms with Gasteiger partial charge in [-0.3, -0.25) is 4.68 Å². The van der Waals surface area contributed by atoms with E-state index in [9.17, 15) is 0 Å². The SMILES string of the molecule is CC(C)Cn1cc(CC(C)N)cn1. The zero-order valence-corrected chi connectivity index (χ0v) is 8.70. The van der Waals surface area contributed by atoms with E-state index < -0.39 is 0 Å². The monoisotopic (exact) mass is 181 g/mol. The Labute approximate surface area is 79.9 Å². The largest absolute Gasteiger partial charge is 0.328 e. The quantitative estimate of drug-likeness (QED) is 0.763. The van der Waals surface area contributed by atoms with E-state index in [0.29, 0.717) is 5.92 Å². The van der Waals surface area contributed by atoms with Gasteiger partial charge in [0.05, 0.1) is 6.20 Å². The molecular formula is C10H19N3. The van der Waals surface area contributed by atoms with Crippen molar-refractivity contribution in [3.8, 4) is 0 Å². The highest BCUT2D eigenvalue weighted by atomic mass is 15.3. The predicted molar refractivity (Wildman–Crippen MR) is 54.4 cm³/mol. The zero-order valence-electron chi connectivity index (χ0n) is 8.70. The van der Waals surface area contributed by atoms with Gasteiger partial charge in [0.1, 0.15) is 0 Å². The first kappa shape index (κ1) is 10.3. The second-order valence-electron chi connectivity index (χ2n) is 4.15. The molecule has 1 aromatic rings. The fourth-order valence-electron chi connectivity index (χ4n) is 1.36. The summed E-state index contributed by atoms with van der Waals surface area (Å²) in [5, 5.41) is 4.27. The molecule has 0 bridgehead atoms. The Morgan fingerprint density at radius 3 is 2.69 bits per heavy atom. The van der Waals surface area contributed by atoms with Gasteiger partial charge in [-0.05, 0) is 24.8 Å². The number of nitrogens with zero attached hydrogens (tertiary/aromatic N) is 2. The highest BCUT2D eigenvalue weighted by molar-refractivity contribution is 5.05. The summed E-state index contributed by atoms with van der Waals surface area (Å²) in [7, 11) is 0. The van der Waals surface area contributed by atoms with Gasteiger partial charge in [-0.15, -0.1) is 0 Å². The van der Waals surface area contributed by atoms with E-state index in [4.69, 9.17) is 5.73 Å². The van der Waals surface area contributed by atoms with Crippen molar-refractivity contribution in [3.63, 3.8) is 0 Å². The zero-order chi connectivity index (χ0) is 9.84. The first-order valence-corrected chi connectivity index (χ1v) is 4.85. The van der Waals surface area contributed by atoms with Crippen LogP contribution in [0.25, 0.3) is 0 Å². The standard InChI is InChI=1S/C10H19N3/c1-8(2)6-13-7-10(5-12-13)4-9(3)11/h5,7-9H,4,6,11H2,1-3H3. The average molecular weight is 181 g/mol. The third-order valence-corrected chi connectivity index (χ3v) is 1.80. The lowest BCUT2D eigenvalue weighted by atomic mass is 10.1. The number of aromatic nitrogens is 2. The van der Waals surface area contributed by atoms with Crippen LogP contribution in [0.4, 0.5) is 0 Å². The second kappa shape index (κ2) is 4.42. The van der Waals surface area contributed by atoms with E-state index in [1.807, 2.05) is 17.8 Å². The lowest BCUT2D eigenvalue weighted by molar-refractivity contribution is 0.483. The van der Waals surface area contributed by atoms with E-state index in [-0.39, 0.29) is 6.04 Å². The van der Waals surface area contributed by atoms with Crippen molar-refractivity contribution < 1.29 is 0 Å². The molecule has 2 N–H and O–H groups in total. The Morgan fingerprint density at radius 1 is 1.46 bits per heavy atom. The molecule has 0 fully saturated rings. The van der Waals surface area contributed by atoms with Crippen molar-refractivity contribution in [3.05, 3.63) is 18.0 Å². The highest BCUT2D eigenvalue weighted by Gasteiger charge is 2.02. The number of rotatable bonds is 4. The molecule has 0 spiro atoms. The van der Waals surface area contributed by atoms with Gasteiger partial charge >= 0.3 is 0 Å². The van der Waals surface area contributed by atoms with Crippen molar-refractivity contribution in [2.75, 3.05) is 0 Å². The molecule has 0 saturated carbocycles. The average Bonchev–Trinajstić information content (AvgIpc) is 2.33. The minimum absolute atomic E-state index is 0.219. The topological polar surface area (TPSA) is 43.8 Å². The van der Waals surface area contributed by atoms with Crippen molar-refractivity contribution in [2.24, 2.45) is 11.7 Å². The first-order valence-electron chi connectivity index (χ1n) is 4.85. The number of hydrogen-bond donors (Lipinski definition) is 1. The van der Waals surface area contributed by atoms with Gasteiger partial charge in [0, 0.05) is 18.8 Å². The minimum atomic E-state index is 0.219. The Kier molecular flexibility index (Phi) is 3.48. The van der Waals surface area contributed by atoms with Gasteiger partial charge in [-0.1, -0.05) is 13.8 Å². The van der Waals surface area contributed by atoms with Crippen molar-refractivity contribution in [1.29, 1.82) is 0 Å². The van der Waals surface area contributed by atoms with Gasteiger partial charge in [-0.25, -0.2) is 0 Å². The summed E-state index contributed by atoms with van der Waals surface area (Å²) < 4.78 is 1.99. The van der Waals surface area contributed by atoms with Crippen molar-refractivity contribution >= 4 is 0 Å². The van der Waals surface area contributed by atoms with Gasteiger partial charge in [0.25, 0.3) is 0 Å². The molecule has 0 aliphatic carbocycles. The van der Waals surface area contributed by atoms with Crippen LogP contribution in [0.2, 0.25) is 0 Å². The molecule has 74 valence electrons. The van der Waals surface area contributed by atoms with Crippen LogP contribution in [0.15, 0.2) is 12.4 Å². The number of nitrogens with two attached hydrogens (primary N) is 1. The van der Waals surface area contributed by atoms with Crippen molar-refractivity contribution in [2.45, 2.75) is 39.8 Å². The first-order chi connectivity index (χ1) is 6.08. The van der Waals surface area contributed by atoms with E-state index in [0.717, 1.165) is 13.0 Å². The maximum Gasteiger partial charge on any atom is 0.0522 e. The third-order valence-electron chi connectivity index (χ3n) is 1.80. The second-order valence-corrected chi connectivity index (χ2v) is 4.15. The van der Waals surface area contributed by atoms with Crippen LogP contribution in [0.5, 0.6) is 0 Å². The lowest BCUT2D eigenvalue weighted by Gasteiger charge is -2.04. The molecule has 0 radical (unpaired) electrons. The summed E-state index contributed by atoms with van der Waals surface area (Å²) in [5.41, 5.74) is 6.93. The molecule has 3 heteroatoms. The molecule has 1 aromatic heterocycles. The Morgan fingerprint density at radius 2 is 2.15 bits per heavy atom. The van der Waals surface area contributed by atoms with Gasteiger partial charge in [0.15, 0.2) is 0 Å². The molecule has 1 atom stereocenters. The van der Waals surface area contributed by atoms with Crippen LogP contribution in [-0.2, 0) is 13.0 Å². The molecular weight excluding hydrogens is 162 g/mol. The summed E-state index contributed by atoms with van der Waals surface area (Å²) in [4.78, 5) is 0. The maximum atomic E-state index is 5.70. The summed E-state index contributed by atoms with van der Waals surface area (Å²) >= 11 is 0. The molecule has 1 unspecified atom stereocenters. The molecule has 3 nitrogen and oxygen atoms in total. The molecule has 1 heterocycles. The molecule has 13 heavy (non-hydrogen) atoms. The van der Waals surface area contributed by atoms with E-state index in [2.05, 4.69) is 25.1 Å². The summed E-state index contributed by atoms with van der Waals surface area (Å²) in [6.45, 7) is 7.37. The molecule has 0 aromatic carbocycles. The summed E-state index contributed by atoms with van der Waals surface area (Å²) in [5.74, 6) is 0.642. The fourth-order valence-corrected chi connectivity index (χ4v) is 1.36. The van der Waals surface area contributed by atoms with Gasteiger partial charge in [-0.2, -0.15) is 5.10 Å². The van der Waals surface area contributed by atoms with Crippen LogP contribution in [0, 0.1) is 5.92 Å². The molecule has 0 aliphatic heterocycles. The van der Waals surface area contributed by atoms with E-state index >= 15 is 0 Å². The van der Waals surface area contributed by atoms with Crippen LogP contribution in [0.1, 0.15) is 26.3 Å². The minimum Gasteiger partial charge on any atom is -0.328 e. The summed E-state index contributed by atoms with van der Waals surface area (Å²) in [6.07, 6.45) is 4.91. The van der Waals surface area contributed by atoms with E-state index in [1.54, 1.807) is 0 Å². The Balaban J connectivity index is 2.53. The van der Waals surface area contributed by atoms with Crippen LogP contribution < -0.4 is 5.73 Å². The Bertz CT molecular complexity index is 226. The summed E-state index contributed by atoms with van der Waals surface area (Å²) in [6, 6.07) is 0.219. The van der Waals surface area contributed by atoms with Crippen LogP contribution in [-0.4, -0.2) is 15.8 Å². The smallest absolute Gasteiger partial charge is 0.0522 e. The van der Waals surface area contributed by atoms with E-state index in [1.165, 1.54) is 5.56 Å². The lowest BCUT2D eigenvalue weighted by Crippen LogP contribution is -2.17. The Hall–Kier alpha value is -0.830. The van der Waals surface area contributed by atoms with Gasteiger partial charge < -0.3 is 5.73 Å². The molecule has 0 aliphatic rings. The fraction of sp³-hybridized carbons (Fsp3) is 0.700. The molecule has 0 amide bonds. The van der Waals surface area contributed by atoms with Crippen LogP contribution in [0.3, 0.4) is 0 Å². The maximum absolute atomic E-state index is 5.70. The van der Waals surface area contributed by atoms with Gasteiger partial charge in [0.2, 0.25) is 0 Å². The third kappa shape index (κ3) is 3.59. The van der Waals surface area contributed by atoms with Crippen LogP contribution >= 0.6 is 0 Å². The number of hydrogen-bond acceptors (Lipinski definition) is 2. The molecule has 0 saturated heterocycles. The normalized spacial score (nSPS) is 13.6. The highest BCUT2D eigenvalue weighted by Crippen LogP contribution is 2.03. The molecule has 1 rings (SSSR count). The van der Waals surface area contributed by atoms with Crippen molar-refractivity contribution in [1.82, 2.24) is 9.78 Å². The predicted octanol–water partition coefficient (Wildman–Crippen LogP) is 1.43.